The summed E-state index contributed by atoms with van der Waals surface area (Å²) in [5, 5.41) is 8.05. The maximum Gasteiger partial charge on any atom is 0.251 e. The maximum atomic E-state index is 11.8. The average Bonchev–Trinajstić information content (AvgIpc) is 3.06. The van der Waals surface area contributed by atoms with E-state index >= 15 is 0 Å². The number of aryl methyl sites for hydroxylation is 2. The zero-order valence-electron chi connectivity index (χ0n) is 17.3. The van der Waals surface area contributed by atoms with Crippen LogP contribution in [0.15, 0.2) is 59.5 Å². The van der Waals surface area contributed by atoms with Gasteiger partial charge in [-0.2, -0.15) is 5.10 Å². The summed E-state index contributed by atoms with van der Waals surface area (Å²) in [6, 6.07) is 15.4. The molecule has 0 unspecified atom stereocenters. The second-order valence-corrected chi connectivity index (χ2v) is 7.12. The predicted octanol–water partition coefficient (Wildman–Crippen LogP) is 3.81. The fourth-order valence-electron chi connectivity index (χ4n) is 3.39. The standard InChI is InChI=1S/C23H24N6O/c1-4-18-12-22(30)27-23(26-18)17-10-11-21(24-13-17)25-14-20-15(2)28-29(16(20)3)19-8-6-5-7-9-19/h5-13H,4,14H2,1-3H3,(H,24,25)(H,26,27,30). The smallest absolute Gasteiger partial charge is 0.251 e. The molecule has 0 aliphatic heterocycles. The van der Waals surface area contributed by atoms with Crippen LogP contribution in [0.1, 0.15) is 29.6 Å². The van der Waals surface area contributed by atoms with Gasteiger partial charge in [0, 0.05) is 41.3 Å². The molecule has 3 heterocycles. The van der Waals surface area contributed by atoms with E-state index in [1.807, 2.05) is 61.0 Å². The zero-order valence-corrected chi connectivity index (χ0v) is 17.3. The summed E-state index contributed by atoms with van der Waals surface area (Å²) in [4.78, 5) is 23.5. The van der Waals surface area contributed by atoms with Crippen molar-refractivity contribution in [2.24, 2.45) is 0 Å². The molecule has 0 aliphatic carbocycles. The van der Waals surface area contributed by atoms with Gasteiger partial charge in [-0.3, -0.25) is 4.79 Å². The van der Waals surface area contributed by atoms with E-state index in [-0.39, 0.29) is 5.56 Å². The van der Waals surface area contributed by atoms with Crippen LogP contribution in [0, 0.1) is 13.8 Å². The summed E-state index contributed by atoms with van der Waals surface area (Å²) in [7, 11) is 0. The highest BCUT2D eigenvalue weighted by Crippen LogP contribution is 2.20. The summed E-state index contributed by atoms with van der Waals surface area (Å²) < 4.78 is 1.96. The highest BCUT2D eigenvalue weighted by molar-refractivity contribution is 5.56. The van der Waals surface area contributed by atoms with Crippen molar-refractivity contribution in [3.8, 4) is 17.1 Å². The topological polar surface area (TPSA) is 88.5 Å². The Morgan fingerprint density at radius 2 is 1.90 bits per heavy atom. The second-order valence-electron chi connectivity index (χ2n) is 7.12. The number of H-pyrrole nitrogens is 1. The second kappa shape index (κ2) is 8.32. The molecule has 7 nitrogen and oxygen atoms in total. The molecular formula is C23H24N6O. The molecule has 0 bridgehead atoms. The third-order valence-electron chi connectivity index (χ3n) is 5.08. The Bertz CT molecular complexity index is 1210. The fraction of sp³-hybridized carbons (Fsp3) is 0.217. The minimum atomic E-state index is -0.152. The van der Waals surface area contributed by atoms with E-state index in [0.29, 0.717) is 18.8 Å². The number of aromatic amines is 1. The van der Waals surface area contributed by atoms with Crippen molar-refractivity contribution in [2.75, 3.05) is 5.32 Å². The van der Waals surface area contributed by atoms with Crippen molar-refractivity contribution >= 4 is 5.82 Å². The Hall–Kier alpha value is -3.74. The van der Waals surface area contributed by atoms with Crippen LogP contribution in [0.5, 0.6) is 0 Å². The lowest BCUT2D eigenvalue weighted by Crippen LogP contribution is -2.10. The van der Waals surface area contributed by atoms with Gasteiger partial charge >= 0.3 is 0 Å². The molecule has 1 aromatic carbocycles. The Kier molecular flexibility index (Phi) is 5.43. The molecule has 0 saturated heterocycles. The van der Waals surface area contributed by atoms with Gasteiger partial charge < -0.3 is 10.3 Å². The van der Waals surface area contributed by atoms with Crippen molar-refractivity contribution in [1.29, 1.82) is 0 Å². The number of rotatable bonds is 6. The van der Waals surface area contributed by atoms with Crippen LogP contribution < -0.4 is 10.9 Å². The zero-order chi connectivity index (χ0) is 21.1. The number of pyridine rings is 1. The van der Waals surface area contributed by atoms with Crippen LogP contribution in [-0.4, -0.2) is 24.7 Å². The van der Waals surface area contributed by atoms with E-state index in [2.05, 4.69) is 32.3 Å². The predicted molar refractivity (Wildman–Crippen MR) is 118 cm³/mol. The number of hydrogen-bond donors (Lipinski definition) is 2. The van der Waals surface area contributed by atoms with Crippen molar-refractivity contribution in [3.05, 3.63) is 87.7 Å². The first-order valence-electron chi connectivity index (χ1n) is 9.96. The lowest BCUT2D eigenvalue weighted by Gasteiger charge is -2.08. The van der Waals surface area contributed by atoms with Crippen LogP contribution in [0.4, 0.5) is 5.82 Å². The molecule has 3 aromatic heterocycles. The van der Waals surface area contributed by atoms with Crippen LogP contribution in [0.3, 0.4) is 0 Å². The third-order valence-corrected chi connectivity index (χ3v) is 5.08. The molecule has 0 spiro atoms. The van der Waals surface area contributed by atoms with E-state index in [1.165, 1.54) is 6.07 Å². The molecule has 4 aromatic rings. The van der Waals surface area contributed by atoms with E-state index in [1.54, 1.807) is 6.20 Å². The summed E-state index contributed by atoms with van der Waals surface area (Å²) in [6.07, 6.45) is 2.42. The van der Waals surface area contributed by atoms with Crippen LogP contribution in [0.2, 0.25) is 0 Å². The van der Waals surface area contributed by atoms with E-state index < -0.39 is 0 Å². The lowest BCUT2D eigenvalue weighted by atomic mass is 10.2. The van der Waals surface area contributed by atoms with E-state index in [9.17, 15) is 4.79 Å². The summed E-state index contributed by atoms with van der Waals surface area (Å²) in [6.45, 7) is 6.68. The van der Waals surface area contributed by atoms with Crippen molar-refractivity contribution in [1.82, 2.24) is 24.7 Å². The highest BCUT2D eigenvalue weighted by atomic mass is 16.1. The van der Waals surface area contributed by atoms with Gasteiger partial charge in [-0.25, -0.2) is 14.6 Å². The molecular weight excluding hydrogens is 376 g/mol. The van der Waals surface area contributed by atoms with Crippen molar-refractivity contribution in [2.45, 2.75) is 33.7 Å². The lowest BCUT2D eigenvalue weighted by molar-refractivity contribution is 0.832. The van der Waals surface area contributed by atoms with Crippen LogP contribution in [-0.2, 0) is 13.0 Å². The number of para-hydroxylation sites is 1. The molecule has 0 atom stereocenters. The van der Waals surface area contributed by atoms with Gasteiger partial charge in [-0.1, -0.05) is 25.1 Å². The Morgan fingerprint density at radius 1 is 1.10 bits per heavy atom. The number of aromatic nitrogens is 5. The van der Waals surface area contributed by atoms with Gasteiger partial charge in [0.1, 0.15) is 11.6 Å². The van der Waals surface area contributed by atoms with Gasteiger partial charge in [0.25, 0.3) is 5.56 Å². The highest BCUT2D eigenvalue weighted by Gasteiger charge is 2.13. The molecule has 30 heavy (non-hydrogen) atoms. The van der Waals surface area contributed by atoms with Crippen LogP contribution in [0.25, 0.3) is 17.1 Å². The molecule has 4 rings (SSSR count). The SMILES string of the molecule is CCc1cc(=O)[nH]c(-c2ccc(NCc3c(C)nn(-c4ccccc4)c3C)nc2)n1. The molecule has 0 radical (unpaired) electrons. The van der Waals surface area contributed by atoms with Gasteiger partial charge in [0.05, 0.1) is 11.4 Å². The average molecular weight is 400 g/mol. The Balaban J connectivity index is 1.51. The first kappa shape index (κ1) is 19.6. The normalized spacial score (nSPS) is 10.9. The molecule has 152 valence electrons. The van der Waals surface area contributed by atoms with Gasteiger partial charge in [-0.15, -0.1) is 0 Å². The molecule has 0 saturated carbocycles. The monoisotopic (exact) mass is 400 g/mol. The number of benzene rings is 1. The third kappa shape index (κ3) is 4.00. The number of hydrogen-bond acceptors (Lipinski definition) is 5. The summed E-state index contributed by atoms with van der Waals surface area (Å²) in [5.41, 5.74) is 5.66. The summed E-state index contributed by atoms with van der Waals surface area (Å²) in [5.74, 6) is 1.29. The molecule has 0 aliphatic rings. The van der Waals surface area contributed by atoms with Gasteiger partial charge in [-0.05, 0) is 44.5 Å². The van der Waals surface area contributed by atoms with Crippen LogP contribution >= 0.6 is 0 Å². The Labute approximate surface area is 174 Å². The number of anilines is 1. The van der Waals surface area contributed by atoms with Crippen molar-refractivity contribution < 1.29 is 0 Å². The molecule has 7 heteroatoms. The number of nitrogens with zero attached hydrogens (tertiary/aromatic N) is 4. The quantitative estimate of drug-likeness (QED) is 0.514. The van der Waals surface area contributed by atoms with Crippen molar-refractivity contribution in [3.63, 3.8) is 0 Å². The molecule has 0 amide bonds. The first-order chi connectivity index (χ1) is 14.5. The maximum absolute atomic E-state index is 11.8. The van der Waals surface area contributed by atoms with Gasteiger partial charge in [0.15, 0.2) is 0 Å². The minimum absolute atomic E-state index is 0.152. The first-order valence-corrected chi connectivity index (χ1v) is 9.96. The van der Waals surface area contributed by atoms with E-state index in [4.69, 9.17) is 0 Å². The van der Waals surface area contributed by atoms with Gasteiger partial charge in [0.2, 0.25) is 0 Å². The Morgan fingerprint density at radius 3 is 2.60 bits per heavy atom. The summed E-state index contributed by atoms with van der Waals surface area (Å²) >= 11 is 0. The largest absolute Gasteiger partial charge is 0.366 e. The fourth-order valence-corrected chi connectivity index (χ4v) is 3.39. The number of nitrogens with one attached hydrogen (secondary N) is 2. The van der Waals surface area contributed by atoms with E-state index in [0.717, 1.165) is 39.7 Å². The minimum Gasteiger partial charge on any atom is -0.366 e. The molecule has 0 fully saturated rings. The molecule has 2 N–H and O–H groups in total.